The van der Waals surface area contributed by atoms with E-state index in [0.717, 1.165) is 12.0 Å². The van der Waals surface area contributed by atoms with E-state index in [1.165, 1.54) is 0 Å². The highest BCUT2D eigenvalue weighted by Gasteiger charge is 2.01. The molecule has 0 radical (unpaired) electrons. The van der Waals surface area contributed by atoms with Crippen molar-refractivity contribution >= 4 is 0 Å². The molecular weight excluding hydrogens is 126 g/mol. The zero-order chi connectivity index (χ0) is 7.40. The number of hydrogen-bond donors (Lipinski definition) is 1. The van der Waals surface area contributed by atoms with Crippen LogP contribution in [0.5, 0.6) is 0 Å². The minimum atomic E-state index is -0.353. The number of rotatable bonds is 2. The summed E-state index contributed by atoms with van der Waals surface area (Å²) in [4.78, 5) is 3.89. The van der Waals surface area contributed by atoms with Gasteiger partial charge in [0, 0.05) is 12.4 Å². The average molecular weight is 137 g/mol. The van der Waals surface area contributed by atoms with Crippen LogP contribution in [0, 0.1) is 0 Å². The number of nitrogens with zero attached hydrogens (tertiary/aromatic N) is 1. The van der Waals surface area contributed by atoms with Gasteiger partial charge in [-0.2, -0.15) is 0 Å². The van der Waals surface area contributed by atoms with Gasteiger partial charge in [-0.15, -0.1) is 0 Å². The van der Waals surface area contributed by atoms with Crippen LogP contribution in [0.4, 0.5) is 0 Å². The largest absolute Gasteiger partial charge is 0.388 e. The molecule has 0 aliphatic heterocycles. The second kappa shape index (κ2) is 3.32. The van der Waals surface area contributed by atoms with Gasteiger partial charge in [0.1, 0.15) is 0 Å². The van der Waals surface area contributed by atoms with Gasteiger partial charge in [-0.3, -0.25) is 4.98 Å². The maximum absolute atomic E-state index is 9.29. The molecule has 0 spiro atoms. The van der Waals surface area contributed by atoms with E-state index in [0.29, 0.717) is 0 Å². The Morgan fingerprint density at radius 3 is 3.00 bits per heavy atom. The lowest BCUT2D eigenvalue weighted by molar-refractivity contribution is 0.173. The van der Waals surface area contributed by atoms with E-state index in [1.807, 2.05) is 19.1 Å². The van der Waals surface area contributed by atoms with Gasteiger partial charge in [0.25, 0.3) is 0 Å². The molecule has 1 atom stereocenters. The molecule has 1 aromatic rings. The molecule has 2 nitrogen and oxygen atoms in total. The van der Waals surface area contributed by atoms with Crippen LogP contribution in [0.25, 0.3) is 0 Å². The van der Waals surface area contributed by atoms with Crippen LogP contribution in [0.1, 0.15) is 25.0 Å². The molecule has 1 N–H and O–H groups in total. The fourth-order valence-electron chi connectivity index (χ4n) is 0.809. The smallest absolute Gasteiger partial charge is 0.0802 e. The third-order valence-electron chi connectivity index (χ3n) is 1.46. The maximum atomic E-state index is 9.29. The first-order valence-corrected chi connectivity index (χ1v) is 3.42. The molecule has 0 saturated heterocycles. The van der Waals surface area contributed by atoms with Crippen molar-refractivity contribution in [1.82, 2.24) is 4.98 Å². The van der Waals surface area contributed by atoms with Gasteiger partial charge in [0.05, 0.1) is 6.10 Å². The highest BCUT2D eigenvalue weighted by Crippen LogP contribution is 2.12. The standard InChI is InChI=1S/C8H11NO/c1-2-8(10)7-4-3-5-9-6-7/h3-6,8,10H,2H2,1H3/t8-/m1/s1. The fraction of sp³-hybridized carbons (Fsp3) is 0.375. The van der Waals surface area contributed by atoms with Crippen molar-refractivity contribution in [1.29, 1.82) is 0 Å². The summed E-state index contributed by atoms with van der Waals surface area (Å²) in [6.07, 6.45) is 3.78. The third-order valence-corrected chi connectivity index (χ3v) is 1.46. The van der Waals surface area contributed by atoms with Crippen molar-refractivity contribution in [2.24, 2.45) is 0 Å². The van der Waals surface area contributed by atoms with Crippen molar-refractivity contribution in [3.8, 4) is 0 Å². The minimum absolute atomic E-state index is 0.353. The first kappa shape index (κ1) is 7.22. The van der Waals surface area contributed by atoms with Crippen LogP contribution in [-0.2, 0) is 0 Å². The first-order chi connectivity index (χ1) is 4.84. The summed E-state index contributed by atoms with van der Waals surface area (Å²) in [5.41, 5.74) is 0.894. The zero-order valence-corrected chi connectivity index (χ0v) is 5.99. The normalized spacial score (nSPS) is 13.0. The summed E-state index contributed by atoms with van der Waals surface area (Å²) in [6, 6.07) is 3.70. The molecule has 0 aromatic carbocycles. The molecular formula is C8H11NO. The number of aliphatic hydroxyl groups is 1. The van der Waals surface area contributed by atoms with Crippen LogP contribution in [0.2, 0.25) is 0 Å². The average Bonchev–Trinajstić information content (AvgIpc) is 2.05. The lowest BCUT2D eigenvalue weighted by Crippen LogP contribution is -1.94. The highest BCUT2D eigenvalue weighted by molar-refractivity contribution is 5.11. The van der Waals surface area contributed by atoms with Crippen LogP contribution < -0.4 is 0 Å². The summed E-state index contributed by atoms with van der Waals surface area (Å²) in [7, 11) is 0. The van der Waals surface area contributed by atoms with Crippen LogP contribution >= 0.6 is 0 Å². The first-order valence-electron chi connectivity index (χ1n) is 3.42. The summed E-state index contributed by atoms with van der Waals surface area (Å²) in [5, 5.41) is 9.29. The molecule has 0 unspecified atom stereocenters. The fourth-order valence-corrected chi connectivity index (χ4v) is 0.809. The Bertz CT molecular complexity index is 186. The Balaban J connectivity index is 2.75. The molecule has 0 aliphatic carbocycles. The highest BCUT2D eigenvalue weighted by atomic mass is 16.3. The summed E-state index contributed by atoms with van der Waals surface area (Å²) in [5.74, 6) is 0. The molecule has 0 amide bonds. The van der Waals surface area contributed by atoms with E-state index < -0.39 is 0 Å². The molecule has 1 heterocycles. The van der Waals surface area contributed by atoms with E-state index in [9.17, 15) is 5.11 Å². The molecule has 1 aromatic heterocycles. The van der Waals surface area contributed by atoms with Crippen molar-refractivity contribution in [3.05, 3.63) is 30.1 Å². The monoisotopic (exact) mass is 137 g/mol. The number of hydrogen-bond acceptors (Lipinski definition) is 2. The Kier molecular flexibility index (Phi) is 2.40. The lowest BCUT2D eigenvalue weighted by atomic mass is 10.1. The summed E-state index contributed by atoms with van der Waals surface area (Å²) >= 11 is 0. The lowest BCUT2D eigenvalue weighted by Gasteiger charge is -2.05. The van der Waals surface area contributed by atoms with Crippen molar-refractivity contribution in [2.75, 3.05) is 0 Å². The quantitative estimate of drug-likeness (QED) is 0.670. The van der Waals surface area contributed by atoms with E-state index in [-0.39, 0.29) is 6.10 Å². The molecule has 2 heteroatoms. The maximum Gasteiger partial charge on any atom is 0.0802 e. The van der Waals surface area contributed by atoms with Gasteiger partial charge in [0.2, 0.25) is 0 Å². The Labute approximate surface area is 60.5 Å². The van der Waals surface area contributed by atoms with Crippen LogP contribution in [0.15, 0.2) is 24.5 Å². The molecule has 10 heavy (non-hydrogen) atoms. The number of pyridine rings is 1. The van der Waals surface area contributed by atoms with E-state index >= 15 is 0 Å². The molecule has 0 aliphatic rings. The molecule has 0 fully saturated rings. The van der Waals surface area contributed by atoms with Gasteiger partial charge < -0.3 is 5.11 Å². The Hall–Kier alpha value is -0.890. The summed E-state index contributed by atoms with van der Waals surface area (Å²) in [6.45, 7) is 1.94. The molecule has 1 rings (SSSR count). The van der Waals surface area contributed by atoms with Crippen molar-refractivity contribution < 1.29 is 5.11 Å². The molecule has 0 bridgehead atoms. The van der Waals surface area contributed by atoms with Crippen LogP contribution in [-0.4, -0.2) is 10.1 Å². The molecule has 54 valence electrons. The predicted molar refractivity (Wildman–Crippen MR) is 39.5 cm³/mol. The SMILES string of the molecule is CC[C@@H](O)c1cccnc1. The van der Waals surface area contributed by atoms with Gasteiger partial charge >= 0.3 is 0 Å². The van der Waals surface area contributed by atoms with Crippen molar-refractivity contribution in [3.63, 3.8) is 0 Å². The third kappa shape index (κ3) is 1.54. The van der Waals surface area contributed by atoms with Crippen LogP contribution in [0.3, 0.4) is 0 Å². The minimum Gasteiger partial charge on any atom is -0.388 e. The van der Waals surface area contributed by atoms with Gasteiger partial charge in [0.15, 0.2) is 0 Å². The number of aliphatic hydroxyl groups excluding tert-OH is 1. The Morgan fingerprint density at radius 2 is 2.50 bits per heavy atom. The van der Waals surface area contributed by atoms with Gasteiger partial charge in [-0.25, -0.2) is 0 Å². The van der Waals surface area contributed by atoms with Gasteiger partial charge in [-0.1, -0.05) is 13.0 Å². The topological polar surface area (TPSA) is 33.1 Å². The summed E-state index contributed by atoms with van der Waals surface area (Å²) < 4.78 is 0. The zero-order valence-electron chi connectivity index (χ0n) is 5.99. The van der Waals surface area contributed by atoms with Crippen molar-refractivity contribution in [2.45, 2.75) is 19.4 Å². The van der Waals surface area contributed by atoms with Gasteiger partial charge in [-0.05, 0) is 18.1 Å². The van der Waals surface area contributed by atoms with E-state index in [1.54, 1.807) is 12.4 Å². The van der Waals surface area contributed by atoms with E-state index in [4.69, 9.17) is 0 Å². The molecule has 0 saturated carbocycles. The predicted octanol–water partition coefficient (Wildman–Crippen LogP) is 1.52. The Morgan fingerprint density at radius 1 is 1.70 bits per heavy atom. The second-order valence-corrected chi connectivity index (χ2v) is 2.21. The second-order valence-electron chi connectivity index (χ2n) is 2.21. The van der Waals surface area contributed by atoms with E-state index in [2.05, 4.69) is 4.98 Å². The number of aromatic nitrogens is 1.